The SMILES string of the molecule is O=C(COc1ccc(Nc2ccccc2)cc1)NCc1cc([N+](=O)[O-])ccc1O. The molecule has 0 fully saturated rings. The van der Waals surface area contributed by atoms with E-state index in [-0.39, 0.29) is 30.2 Å². The molecule has 0 atom stereocenters. The van der Waals surface area contributed by atoms with Gasteiger partial charge < -0.3 is 20.5 Å². The molecule has 0 saturated heterocycles. The quantitative estimate of drug-likeness (QED) is 0.397. The van der Waals surface area contributed by atoms with Gasteiger partial charge >= 0.3 is 0 Å². The summed E-state index contributed by atoms with van der Waals surface area (Å²) in [7, 11) is 0. The summed E-state index contributed by atoms with van der Waals surface area (Å²) < 4.78 is 5.44. The number of carbonyl (C=O) groups is 1. The maximum Gasteiger partial charge on any atom is 0.270 e. The molecule has 29 heavy (non-hydrogen) atoms. The van der Waals surface area contributed by atoms with Crippen LogP contribution in [0.3, 0.4) is 0 Å². The largest absolute Gasteiger partial charge is 0.508 e. The molecule has 0 aromatic heterocycles. The first-order valence-electron chi connectivity index (χ1n) is 8.79. The Balaban J connectivity index is 1.48. The highest BCUT2D eigenvalue weighted by atomic mass is 16.6. The van der Waals surface area contributed by atoms with Crippen molar-refractivity contribution in [2.75, 3.05) is 11.9 Å². The van der Waals surface area contributed by atoms with E-state index in [4.69, 9.17) is 4.74 Å². The van der Waals surface area contributed by atoms with Crippen LogP contribution in [0.15, 0.2) is 72.8 Å². The number of phenolic OH excluding ortho intramolecular Hbond substituents is 1. The molecule has 0 spiro atoms. The third kappa shape index (κ3) is 5.70. The van der Waals surface area contributed by atoms with E-state index in [9.17, 15) is 20.0 Å². The van der Waals surface area contributed by atoms with Gasteiger partial charge in [-0.1, -0.05) is 18.2 Å². The molecule has 3 N–H and O–H groups in total. The van der Waals surface area contributed by atoms with Crippen LogP contribution in [0.5, 0.6) is 11.5 Å². The van der Waals surface area contributed by atoms with Crippen molar-refractivity contribution in [2.45, 2.75) is 6.54 Å². The van der Waals surface area contributed by atoms with Crippen molar-refractivity contribution in [1.29, 1.82) is 0 Å². The summed E-state index contributed by atoms with van der Waals surface area (Å²) in [4.78, 5) is 22.2. The molecule has 3 aromatic carbocycles. The van der Waals surface area contributed by atoms with Crippen molar-refractivity contribution in [1.82, 2.24) is 5.32 Å². The Morgan fingerprint density at radius 1 is 1.00 bits per heavy atom. The number of hydrogen-bond acceptors (Lipinski definition) is 6. The summed E-state index contributed by atoms with van der Waals surface area (Å²) in [6, 6.07) is 20.5. The number of nitro benzene ring substituents is 1. The summed E-state index contributed by atoms with van der Waals surface area (Å²) in [5.74, 6) is -0.0160. The fraction of sp³-hybridized carbons (Fsp3) is 0.0952. The van der Waals surface area contributed by atoms with Crippen molar-refractivity contribution in [3.63, 3.8) is 0 Å². The van der Waals surface area contributed by atoms with Crippen molar-refractivity contribution >= 4 is 23.0 Å². The summed E-state index contributed by atoms with van der Waals surface area (Å²) in [5.41, 5.74) is 1.94. The normalized spacial score (nSPS) is 10.2. The van der Waals surface area contributed by atoms with Crippen molar-refractivity contribution in [2.24, 2.45) is 0 Å². The average Bonchev–Trinajstić information content (AvgIpc) is 2.73. The summed E-state index contributed by atoms with van der Waals surface area (Å²) in [6.07, 6.45) is 0. The number of nitrogens with one attached hydrogen (secondary N) is 2. The van der Waals surface area contributed by atoms with Crippen molar-refractivity contribution in [3.8, 4) is 11.5 Å². The Labute approximate surface area is 166 Å². The van der Waals surface area contributed by atoms with Gasteiger partial charge in [-0.05, 0) is 42.5 Å². The number of rotatable bonds is 8. The van der Waals surface area contributed by atoms with E-state index in [1.54, 1.807) is 12.1 Å². The standard InChI is InChI=1S/C21H19N3O5/c25-20-11-8-18(24(27)28)12-15(20)13-22-21(26)14-29-19-9-6-17(7-10-19)23-16-4-2-1-3-5-16/h1-12,23,25H,13-14H2,(H,22,26). The number of nitro groups is 1. The van der Waals surface area contributed by atoms with Gasteiger partial charge in [0.15, 0.2) is 6.61 Å². The van der Waals surface area contributed by atoms with Crippen LogP contribution in [0.2, 0.25) is 0 Å². The predicted molar refractivity (Wildman–Crippen MR) is 108 cm³/mol. The van der Waals surface area contributed by atoms with Crippen molar-refractivity contribution in [3.05, 3.63) is 88.5 Å². The number of carbonyl (C=O) groups excluding carboxylic acids is 1. The predicted octanol–water partition coefficient (Wildman–Crippen LogP) is 3.74. The molecule has 0 heterocycles. The van der Waals surface area contributed by atoms with Gasteiger partial charge in [-0.25, -0.2) is 0 Å². The van der Waals surface area contributed by atoms with Crippen LogP contribution in [0, 0.1) is 10.1 Å². The van der Waals surface area contributed by atoms with Gasteiger partial charge in [-0.15, -0.1) is 0 Å². The van der Waals surface area contributed by atoms with Gasteiger partial charge in [0.05, 0.1) is 4.92 Å². The first-order chi connectivity index (χ1) is 14.0. The zero-order valence-electron chi connectivity index (χ0n) is 15.4. The molecule has 0 aliphatic heterocycles. The number of aromatic hydroxyl groups is 1. The number of hydrogen-bond donors (Lipinski definition) is 3. The van der Waals surface area contributed by atoms with Crippen LogP contribution in [0.4, 0.5) is 17.1 Å². The molecule has 0 bridgehead atoms. The molecule has 8 heteroatoms. The summed E-state index contributed by atoms with van der Waals surface area (Å²) >= 11 is 0. The summed E-state index contributed by atoms with van der Waals surface area (Å²) in [6.45, 7) is -0.267. The lowest BCUT2D eigenvalue weighted by Crippen LogP contribution is -2.28. The van der Waals surface area contributed by atoms with Gasteiger partial charge in [0.25, 0.3) is 11.6 Å². The number of nitrogens with zero attached hydrogens (tertiary/aromatic N) is 1. The molecule has 0 unspecified atom stereocenters. The van der Waals surface area contributed by atoms with Crippen LogP contribution < -0.4 is 15.4 Å². The fourth-order valence-electron chi connectivity index (χ4n) is 2.54. The van der Waals surface area contributed by atoms with E-state index in [1.807, 2.05) is 42.5 Å². The topological polar surface area (TPSA) is 114 Å². The molecule has 148 valence electrons. The van der Waals surface area contributed by atoms with E-state index >= 15 is 0 Å². The lowest BCUT2D eigenvalue weighted by atomic mass is 10.2. The van der Waals surface area contributed by atoms with Gasteiger partial charge in [0.2, 0.25) is 0 Å². The number of benzene rings is 3. The van der Waals surface area contributed by atoms with E-state index in [2.05, 4.69) is 10.6 Å². The van der Waals surface area contributed by atoms with E-state index in [1.165, 1.54) is 18.2 Å². The van der Waals surface area contributed by atoms with Crippen LogP contribution in [-0.4, -0.2) is 22.5 Å². The Bertz CT molecular complexity index is 991. The zero-order valence-corrected chi connectivity index (χ0v) is 15.4. The Morgan fingerprint density at radius 3 is 2.38 bits per heavy atom. The van der Waals surface area contributed by atoms with Crippen LogP contribution in [0.1, 0.15) is 5.56 Å². The van der Waals surface area contributed by atoms with Crippen LogP contribution in [-0.2, 0) is 11.3 Å². The first-order valence-corrected chi connectivity index (χ1v) is 8.79. The lowest BCUT2D eigenvalue weighted by Gasteiger charge is -2.10. The number of anilines is 2. The summed E-state index contributed by atoms with van der Waals surface area (Å²) in [5, 5.41) is 26.4. The van der Waals surface area contributed by atoms with E-state index < -0.39 is 10.8 Å². The van der Waals surface area contributed by atoms with E-state index in [0.717, 1.165) is 11.4 Å². The lowest BCUT2D eigenvalue weighted by molar-refractivity contribution is -0.384. The Hall–Kier alpha value is -4.07. The highest BCUT2D eigenvalue weighted by molar-refractivity contribution is 5.77. The number of amides is 1. The Morgan fingerprint density at radius 2 is 1.69 bits per heavy atom. The maximum atomic E-state index is 12.0. The van der Waals surface area contributed by atoms with Gasteiger partial charge in [0, 0.05) is 35.6 Å². The number of phenols is 1. The number of para-hydroxylation sites is 1. The minimum atomic E-state index is -0.565. The molecular formula is C21H19N3O5. The second kappa shape index (κ2) is 9.23. The van der Waals surface area contributed by atoms with Crippen molar-refractivity contribution < 1.29 is 19.6 Å². The molecule has 8 nitrogen and oxygen atoms in total. The maximum absolute atomic E-state index is 12.0. The molecule has 0 aliphatic carbocycles. The van der Waals surface area contributed by atoms with Gasteiger partial charge in [0.1, 0.15) is 11.5 Å². The number of ether oxygens (including phenoxy) is 1. The molecule has 1 amide bonds. The molecule has 0 aliphatic rings. The minimum absolute atomic E-state index is 0.0460. The highest BCUT2D eigenvalue weighted by Crippen LogP contribution is 2.23. The number of non-ortho nitro benzene ring substituents is 1. The second-order valence-corrected chi connectivity index (χ2v) is 6.15. The molecule has 3 aromatic rings. The van der Waals surface area contributed by atoms with Gasteiger partial charge in [-0.2, -0.15) is 0 Å². The zero-order chi connectivity index (χ0) is 20.6. The average molecular weight is 393 g/mol. The minimum Gasteiger partial charge on any atom is -0.508 e. The fourth-order valence-corrected chi connectivity index (χ4v) is 2.54. The monoisotopic (exact) mass is 393 g/mol. The van der Waals surface area contributed by atoms with E-state index in [0.29, 0.717) is 5.75 Å². The second-order valence-electron chi connectivity index (χ2n) is 6.15. The third-order valence-corrected chi connectivity index (χ3v) is 4.04. The Kier molecular flexibility index (Phi) is 6.26. The molecule has 3 rings (SSSR count). The highest BCUT2D eigenvalue weighted by Gasteiger charge is 2.11. The first kappa shape index (κ1) is 19.7. The van der Waals surface area contributed by atoms with Gasteiger partial charge in [-0.3, -0.25) is 14.9 Å². The van der Waals surface area contributed by atoms with Crippen LogP contribution >= 0.6 is 0 Å². The third-order valence-electron chi connectivity index (χ3n) is 4.04. The van der Waals surface area contributed by atoms with Crippen LogP contribution in [0.25, 0.3) is 0 Å². The smallest absolute Gasteiger partial charge is 0.270 e. The molecule has 0 radical (unpaired) electrons. The molecular weight excluding hydrogens is 374 g/mol. The molecule has 0 saturated carbocycles.